The van der Waals surface area contributed by atoms with Crippen molar-refractivity contribution in [2.45, 2.75) is 0 Å². The molecule has 0 N–H and O–H groups in total. The largest absolute Gasteiger partial charge is 0.307 e. The Morgan fingerprint density at radius 1 is 0.889 bits per heavy atom. The molecule has 4 nitrogen and oxygen atoms in total. The van der Waals surface area contributed by atoms with Gasteiger partial charge in [0.05, 0.1) is 0 Å². The van der Waals surface area contributed by atoms with Gasteiger partial charge in [-0.15, -0.1) is 0 Å². The van der Waals surface area contributed by atoms with Crippen LogP contribution in [0.3, 0.4) is 0 Å². The number of nitrogens with zero attached hydrogens (tertiary/aromatic N) is 3. The van der Waals surface area contributed by atoms with Gasteiger partial charge in [-0.2, -0.15) is 0 Å². The fraction of sp³-hybridized carbons (Fsp3) is 0. The van der Waals surface area contributed by atoms with E-state index in [0.29, 0.717) is 10.6 Å². The Kier molecular flexibility index (Phi) is 5.60. The van der Waals surface area contributed by atoms with E-state index in [1.165, 1.54) is 0 Å². The molecule has 2 aromatic carbocycles. The zero-order chi connectivity index (χ0) is 12.1. The van der Waals surface area contributed by atoms with Gasteiger partial charge in [0.1, 0.15) is 0 Å². The molecule has 2 rings (SSSR count). The van der Waals surface area contributed by atoms with Crippen molar-refractivity contribution in [1.82, 2.24) is 0 Å². The normalized spacial score (nSPS) is 10.0. The van der Waals surface area contributed by atoms with Gasteiger partial charge in [-0.1, -0.05) is 60.7 Å². The van der Waals surface area contributed by atoms with Crippen LogP contribution in [0.25, 0.3) is 10.4 Å². The molecular formula is C12H10N3OPPb. The van der Waals surface area contributed by atoms with E-state index < -0.39 is 7.29 Å². The van der Waals surface area contributed by atoms with E-state index in [1.807, 2.05) is 12.1 Å². The maximum Gasteiger partial charge on any atom is 0.228 e. The number of azide groups is 1. The van der Waals surface area contributed by atoms with E-state index in [4.69, 9.17) is 5.53 Å². The molecule has 0 aliphatic carbocycles. The van der Waals surface area contributed by atoms with Gasteiger partial charge in [0.2, 0.25) is 7.29 Å². The molecule has 0 unspecified atom stereocenters. The van der Waals surface area contributed by atoms with E-state index in [-0.39, 0.29) is 27.3 Å². The molecule has 6 heteroatoms. The Balaban J connectivity index is 0.00000162. The third kappa shape index (κ3) is 3.02. The van der Waals surface area contributed by atoms with Crippen molar-refractivity contribution in [3.8, 4) is 0 Å². The first-order valence-electron chi connectivity index (χ1n) is 5.05. The molecule has 2 aromatic rings. The third-order valence-electron chi connectivity index (χ3n) is 2.38. The summed E-state index contributed by atoms with van der Waals surface area (Å²) in [5.41, 5.74) is 8.61. The van der Waals surface area contributed by atoms with Gasteiger partial charge in [-0.25, -0.2) is 0 Å². The van der Waals surface area contributed by atoms with Crippen molar-refractivity contribution in [1.29, 1.82) is 0 Å². The van der Waals surface area contributed by atoms with Gasteiger partial charge in [0, 0.05) is 42.8 Å². The SMILES string of the molecule is [N-]=[N+]=NP(=O)(c1ccccc1)c1ccccc1.[Pb]. The van der Waals surface area contributed by atoms with Crippen LogP contribution in [-0.4, -0.2) is 27.3 Å². The second kappa shape index (κ2) is 6.73. The second-order valence-electron chi connectivity index (χ2n) is 3.43. The van der Waals surface area contributed by atoms with Crippen molar-refractivity contribution in [2.24, 2.45) is 4.88 Å². The standard InChI is InChI=1S/C12H10N3OP.Pb/c13-14-15-17(16,11-7-3-1-4-8-11)12-9-5-2-6-10-12;/h1-10H;. The van der Waals surface area contributed by atoms with E-state index in [9.17, 15) is 4.57 Å². The molecule has 4 radical (unpaired) electrons. The summed E-state index contributed by atoms with van der Waals surface area (Å²) in [5.74, 6) is 0. The average Bonchev–Trinajstić information content (AvgIpc) is 2.41. The Morgan fingerprint density at radius 3 is 1.61 bits per heavy atom. The topological polar surface area (TPSA) is 65.8 Å². The van der Waals surface area contributed by atoms with Crippen molar-refractivity contribution < 1.29 is 4.57 Å². The molecule has 0 amide bonds. The van der Waals surface area contributed by atoms with Gasteiger partial charge in [0.15, 0.2) is 0 Å². The number of hydrogen-bond acceptors (Lipinski definition) is 1. The monoisotopic (exact) mass is 451 g/mol. The van der Waals surface area contributed by atoms with Gasteiger partial charge < -0.3 is 4.57 Å². The average molecular weight is 450 g/mol. The number of hydrogen-bond donors (Lipinski definition) is 0. The van der Waals surface area contributed by atoms with Crippen molar-refractivity contribution in [3.05, 3.63) is 71.1 Å². The molecule has 0 aromatic heterocycles. The fourth-order valence-corrected chi connectivity index (χ4v) is 3.34. The zero-order valence-corrected chi connectivity index (χ0v) is 14.3. The molecular weight excluding hydrogens is 440 g/mol. The molecule has 0 saturated carbocycles. The number of benzene rings is 2. The Morgan fingerprint density at radius 2 is 1.28 bits per heavy atom. The maximum absolute atomic E-state index is 12.8. The van der Waals surface area contributed by atoms with E-state index >= 15 is 0 Å². The first kappa shape index (κ1) is 15.0. The Labute approximate surface area is 125 Å². The van der Waals surface area contributed by atoms with Crippen molar-refractivity contribution >= 4 is 45.2 Å². The summed E-state index contributed by atoms with van der Waals surface area (Å²) in [4.78, 5) is 6.26. The van der Waals surface area contributed by atoms with Crippen LogP contribution in [0.5, 0.6) is 0 Å². The summed E-state index contributed by atoms with van der Waals surface area (Å²) >= 11 is 0. The summed E-state index contributed by atoms with van der Waals surface area (Å²) < 4.78 is 12.8. The quantitative estimate of drug-likeness (QED) is 0.233. The predicted molar refractivity (Wildman–Crippen MR) is 74.7 cm³/mol. The van der Waals surface area contributed by atoms with Gasteiger partial charge in [0.25, 0.3) is 0 Å². The minimum absolute atomic E-state index is 0. The molecule has 18 heavy (non-hydrogen) atoms. The van der Waals surface area contributed by atoms with Crippen LogP contribution in [0.15, 0.2) is 65.5 Å². The molecule has 88 valence electrons. The Hall–Kier alpha value is -1.10. The summed E-state index contributed by atoms with van der Waals surface area (Å²) in [7, 11) is -3.22. The van der Waals surface area contributed by atoms with Crippen LogP contribution >= 0.6 is 7.29 Å². The third-order valence-corrected chi connectivity index (χ3v) is 4.71. The van der Waals surface area contributed by atoms with E-state index in [0.717, 1.165) is 0 Å². The van der Waals surface area contributed by atoms with E-state index in [1.54, 1.807) is 48.5 Å². The zero-order valence-electron chi connectivity index (χ0n) is 9.47. The molecule has 0 heterocycles. The van der Waals surface area contributed by atoms with Crippen molar-refractivity contribution in [2.75, 3.05) is 0 Å². The molecule has 0 bridgehead atoms. The maximum atomic E-state index is 12.8. The van der Waals surface area contributed by atoms with Crippen LogP contribution in [0, 0.1) is 0 Å². The molecule has 0 aliphatic heterocycles. The van der Waals surface area contributed by atoms with Gasteiger partial charge in [-0.05, 0) is 10.4 Å². The summed E-state index contributed by atoms with van der Waals surface area (Å²) in [6.07, 6.45) is 0. The number of rotatable bonds is 3. The van der Waals surface area contributed by atoms with Crippen LogP contribution in [0.2, 0.25) is 0 Å². The summed E-state index contributed by atoms with van der Waals surface area (Å²) in [5, 5.41) is 1.09. The van der Waals surface area contributed by atoms with Crippen LogP contribution in [0.1, 0.15) is 0 Å². The first-order valence-corrected chi connectivity index (χ1v) is 6.71. The molecule has 0 spiro atoms. The van der Waals surface area contributed by atoms with Gasteiger partial charge in [-0.3, -0.25) is 0 Å². The van der Waals surface area contributed by atoms with Gasteiger partial charge >= 0.3 is 0 Å². The fourth-order valence-electron chi connectivity index (χ4n) is 1.57. The van der Waals surface area contributed by atoms with Crippen LogP contribution < -0.4 is 10.6 Å². The molecule has 0 saturated heterocycles. The molecule has 0 aliphatic rings. The summed E-state index contributed by atoms with van der Waals surface area (Å²) in [6, 6.07) is 17.6. The molecule has 0 fully saturated rings. The minimum atomic E-state index is -3.22. The van der Waals surface area contributed by atoms with Crippen molar-refractivity contribution in [3.63, 3.8) is 0 Å². The first-order chi connectivity index (χ1) is 8.27. The minimum Gasteiger partial charge on any atom is -0.307 e. The summed E-state index contributed by atoms with van der Waals surface area (Å²) in [6.45, 7) is 0. The smallest absolute Gasteiger partial charge is 0.228 e. The molecule has 0 atom stereocenters. The van der Waals surface area contributed by atoms with Crippen LogP contribution in [-0.2, 0) is 4.57 Å². The second-order valence-corrected chi connectivity index (χ2v) is 5.79. The van der Waals surface area contributed by atoms with Crippen LogP contribution in [0.4, 0.5) is 0 Å². The Bertz CT molecular complexity index is 554. The van der Waals surface area contributed by atoms with E-state index in [2.05, 4.69) is 9.80 Å². The predicted octanol–water partition coefficient (Wildman–Crippen LogP) is 2.84.